The van der Waals surface area contributed by atoms with Crippen molar-refractivity contribution in [3.05, 3.63) is 48.6 Å². The lowest BCUT2D eigenvalue weighted by Crippen LogP contribution is -2.26. The maximum absolute atomic E-state index is 3.80. The normalized spacial score (nSPS) is 14.2. The van der Waals surface area contributed by atoms with E-state index in [-0.39, 0.29) is 0 Å². The van der Waals surface area contributed by atoms with Crippen LogP contribution in [0.2, 0.25) is 0 Å². The second-order valence-corrected chi connectivity index (χ2v) is 4.59. The minimum Gasteiger partial charge on any atom is -0.288 e. The smallest absolute Gasteiger partial charge is 0.0608 e. The van der Waals surface area contributed by atoms with E-state index in [4.69, 9.17) is 0 Å². The van der Waals surface area contributed by atoms with Crippen molar-refractivity contribution in [1.29, 1.82) is 0 Å². The lowest BCUT2D eigenvalue weighted by Gasteiger charge is -2.16. The monoisotopic (exact) mass is 225 g/mol. The van der Waals surface area contributed by atoms with Gasteiger partial charge in [-0.3, -0.25) is 4.90 Å². The third-order valence-electron chi connectivity index (χ3n) is 2.91. The average molecular weight is 225 g/mol. The first-order chi connectivity index (χ1) is 8.38. The van der Waals surface area contributed by atoms with Crippen LogP contribution in [0.5, 0.6) is 0 Å². The van der Waals surface area contributed by atoms with E-state index in [0.29, 0.717) is 0 Å². The molecule has 1 aliphatic rings. The molecule has 0 N–H and O–H groups in total. The van der Waals surface area contributed by atoms with Gasteiger partial charge in [0.05, 0.1) is 6.54 Å². The molecular formula is C16H19N. The Balaban J connectivity index is 1.85. The van der Waals surface area contributed by atoms with Crippen molar-refractivity contribution in [3.8, 4) is 11.8 Å². The first-order valence-electron chi connectivity index (χ1n) is 6.25. The van der Waals surface area contributed by atoms with Crippen molar-refractivity contribution in [2.45, 2.75) is 12.8 Å². The Morgan fingerprint density at radius 3 is 2.71 bits per heavy atom. The summed E-state index contributed by atoms with van der Waals surface area (Å²) in [6.07, 6.45) is 4.74. The van der Waals surface area contributed by atoms with Crippen molar-refractivity contribution in [2.24, 2.45) is 5.92 Å². The Labute approximate surface area is 104 Å². The zero-order valence-corrected chi connectivity index (χ0v) is 10.2. The summed E-state index contributed by atoms with van der Waals surface area (Å²) in [7, 11) is 0. The van der Waals surface area contributed by atoms with Crippen molar-refractivity contribution in [3.63, 3.8) is 0 Å². The lowest BCUT2D eigenvalue weighted by molar-refractivity contribution is 0.325. The Kier molecular flexibility index (Phi) is 4.41. The Bertz CT molecular complexity index is 406. The van der Waals surface area contributed by atoms with E-state index in [0.717, 1.165) is 24.6 Å². The summed E-state index contributed by atoms with van der Waals surface area (Å²) in [6.45, 7) is 6.77. The maximum Gasteiger partial charge on any atom is 0.0608 e. The van der Waals surface area contributed by atoms with Crippen LogP contribution in [0.25, 0.3) is 0 Å². The van der Waals surface area contributed by atoms with Crippen molar-refractivity contribution >= 4 is 0 Å². The van der Waals surface area contributed by atoms with Gasteiger partial charge in [-0.25, -0.2) is 0 Å². The molecule has 17 heavy (non-hydrogen) atoms. The van der Waals surface area contributed by atoms with Crippen molar-refractivity contribution < 1.29 is 0 Å². The van der Waals surface area contributed by atoms with Gasteiger partial charge < -0.3 is 0 Å². The molecule has 0 unspecified atom stereocenters. The van der Waals surface area contributed by atoms with Crippen LogP contribution in [0, 0.1) is 17.8 Å². The second-order valence-electron chi connectivity index (χ2n) is 4.59. The highest BCUT2D eigenvalue weighted by Crippen LogP contribution is 2.29. The van der Waals surface area contributed by atoms with Crippen molar-refractivity contribution in [2.75, 3.05) is 19.6 Å². The minimum atomic E-state index is 0.845. The van der Waals surface area contributed by atoms with Gasteiger partial charge in [0.15, 0.2) is 0 Å². The fourth-order valence-corrected chi connectivity index (χ4v) is 1.83. The predicted octanol–water partition coefficient (Wildman–Crippen LogP) is 2.94. The highest BCUT2D eigenvalue weighted by Gasteiger charge is 2.23. The molecule has 88 valence electrons. The van der Waals surface area contributed by atoms with E-state index < -0.39 is 0 Å². The van der Waals surface area contributed by atoms with E-state index in [1.54, 1.807) is 0 Å². The quantitative estimate of drug-likeness (QED) is 0.550. The zero-order valence-electron chi connectivity index (χ0n) is 10.2. The molecule has 1 fully saturated rings. The van der Waals surface area contributed by atoms with E-state index >= 15 is 0 Å². The summed E-state index contributed by atoms with van der Waals surface area (Å²) >= 11 is 0. The summed E-state index contributed by atoms with van der Waals surface area (Å²) in [5, 5.41) is 0. The highest BCUT2D eigenvalue weighted by atomic mass is 15.1. The van der Waals surface area contributed by atoms with Gasteiger partial charge in [0.25, 0.3) is 0 Å². The molecule has 1 saturated carbocycles. The van der Waals surface area contributed by atoms with Gasteiger partial charge in [0, 0.05) is 18.7 Å². The summed E-state index contributed by atoms with van der Waals surface area (Å²) < 4.78 is 0. The molecule has 0 amide bonds. The summed E-state index contributed by atoms with van der Waals surface area (Å²) in [5.41, 5.74) is 1.09. The first kappa shape index (κ1) is 12.0. The fraction of sp³-hybridized carbons (Fsp3) is 0.375. The van der Waals surface area contributed by atoms with Gasteiger partial charge in [-0.05, 0) is 30.9 Å². The van der Waals surface area contributed by atoms with Crippen LogP contribution in [-0.4, -0.2) is 24.5 Å². The Morgan fingerprint density at radius 2 is 2.06 bits per heavy atom. The van der Waals surface area contributed by atoms with Gasteiger partial charge in [0.2, 0.25) is 0 Å². The summed E-state index contributed by atoms with van der Waals surface area (Å²) in [5.74, 6) is 7.36. The Hall–Kier alpha value is -1.52. The predicted molar refractivity (Wildman–Crippen MR) is 72.7 cm³/mol. The molecular weight excluding hydrogens is 206 g/mol. The van der Waals surface area contributed by atoms with Crippen LogP contribution in [0.1, 0.15) is 18.4 Å². The average Bonchev–Trinajstić information content (AvgIpc) is 3.15. The SMILES string of the molecule is C=CCN(CC#Cc1ccccc1)CC1CC1. The zero-order chi connectivity index (χ0) is 11.9. The summed E-state index contributed by atoms with van der Waals surface area (Å²) in [4.78, 5) is 2.38. The Morgan fingerprint density at radius 1 is 1.29 bits per heavy atom. The molecule has 0 aliphatic heterocycles. The standard InChI is InChI=1S/C16H19N/c1-2-12-17(14-16-10-11-16)13-6-9-15-7-4-3-5-8-15/h2-5,7-8,16H,1,10-14H2. The van der Waals surface area contributed by atoms with Gasteiger partial charge in [-0.15, -0.1) is 6.58 Å². The number of rotatable bonds is 5. The molecule has 0 atom stereocenters. The number of hydrogen-bond donors (Lipinski definition) is 0. The van der Waals surface area contributed by atoms with Crippen LogP contribution in [0.4, 0.5) is 0 Å². The van der Waals surface area contributed by atoms with Gasteiger partial charge in [-0.1, -0.05) is 36.1 Å². The molecule has 0 aromatic heterocycles. The third kappa shape index (κ3) is 4.46. The first-order valence-corrected chi connectivity index (χ1v) is 6.25. The lowest BCUT2D eigenvalue weighted by atomic mass is 10.2. The maximum atomic E-state index is 3.80. The minimum absolute atomic E-state index is 0.845. The van der Waals surface area contributed by atoms with E-state index in [9.17, 15) is 0 Å². The van der Waals surface area contributed by atoms with Crippen LogP contribution in [-0.2, 0) is 0 Å². The molecule has 1 heteroatoms. The van der Waals surface area contributed by atoms with Gasteiger partial charge in [0.1, 0.15) is 0 Å². The molecule has 2 rings (SSSR count). The molecule has 1 aromatic rings. The van der Waals surface area contributed by atoms with Crippen LogP contribution in [0.15, 0.2) is 43.0 Å². The molecule has 0 bridgehead atoms. The third-order valence-corrected chi connectivity index (χ3v) is 2.91. The number of nitrogens with zero attached hydrogens (tertiary/aromatic N) is 1. The molecule has 1 aliphatic carbocycles. The molecule has 0 saturated heterocycles. The molecule has 0 radical (unpaired) electrons. The second kappa shape index (κ2) is 6.27. The topological polar surface area (TPSA) is 3.24 Å². The van der Waals surface area contributed by atoms with Crippen LogP contribution in [0.3, 0.4) is 0 Å². The number of benzene rings is 1. The van der Waals surface area contributed by atoms with Crippen LogP contribution < -0.4 is 0 Å². The van der Waals surface area contributed by atoms with E-state index in [1.165, 1.54) is 19.4 Å². The molecule has 1 nitrogen and oxygen atoms in total. The van der Waals surface area contributed by atoms with E-state index in [1.807, 2.05) is 36.4 Å². The van der Waals surface area contributed by atoms with Gasteiger partial charge in [-0.2, -0.15) is 0 Å². The van der Waals surface area contributed by atoms with E-state index in [2.05, 4.69) is 23.3 Å². The molecule has 0 heterocycles. The largest absolute Gasteiger partial charge is 0.288 e. The fourth-order valence-electron chi connectivity index (χ4n) is 1.83. The van der Waals surface area contributed by atoms with Crippen LogP contribution >= 0.6 is 0 Å². The van der Waals surface area contributed by atoms with Gasteiger partial charge >= 0.3 is 0 Å². The highest BCUT2D eigenvalue weighted by molar-refractivity contribution is 5.33. The number of hydrogen-bond acceptors (Lipinski definition) is 1. The molecule has 0 spiro atoms. The van der Waals surface area contributed by atoms with Crippen molar-refractivity contribution in [1.82, 2.24) is 4.90 Å². The summed E-state index contributed by atoms with van der Waals surface area (Å²) in [6, 6.07) is 10.2. The molecule has 1 aromatic carbocycles.